The fraction of sp³-hybridized carbons (Fsp3) is 0.0882. The summed E-state index contributed by atoms with van der Waals surface area (Å²) in [6, 6.07) is 33.1. The monoisotopic (exact) mass is 525 g/mol. The van der Waals surface area contributed by atoms with E-state index in [0.717, 1.165) is 38.9 Å². The second-order valence-electron chi connectivity index (χ2n) is 9.91. The summed E-state index contributed by atoms with van der Waals surface area (Å²) in [5.74, 6) is -1.26. The van der Waals surface area contributed by atoms with Crippen molar-refractivity contribution in [3.8, 4) is 11.1 Å². The number of carbonyl (C=O) groups excluding carboxylic acids is 1. The quantitative estimate of drug-likeness (QED) is 0.237. The largest absolute Gasteiger partial charge is 0.478 e. The van der Waals surface area contributed by atoms with Gasteiger partial charge >= 0.3 is 5.97 Å². The number of pyridine rings is 1. The molecule has 6 rings (SSSR count). The van der Waals surface area contributed by atoms with E-state index in [4.69, 9.17) is 10.1 Å². The van der Waals surface area contributed by atoms with Crippen LogP contribution in [0.4, 0.5) is 0 Å². The molecule has 196 valence electrons. The zero-order valence-corrected chi connectivity index (χ0v) is 21.9. The van der Waals surface area contributed by atoms with Gasteiger partial charge in [0.15, 0.2) is 0 Å². The van der Waals surface area contributed by atoms with Crippen LogP contribution in [0.3, 0.4) is 0 Å². The number of rotatable bonds is 7. The van der Waals surface area contributed by atoms with E-state index in [0.29, 0.717) is 5.56 Å². The van der Waals surface area contributed by atoms with Gasteiger partial charge in [-0.25, -0.2) is 9.78 Å². The number of aromatic nitrogens is 2. The molecule has 1 atom stereocenters. The minimum absolute atomic E-state index is 0.0488. The molecule has 40 heavy (non-hydrogen) atoms. The van der Waals surface area contributed by atoms with Crippen molar-refractivity contribution in [2.24, 2.45) is 0 Å². The molecule has 0 bridgehead atoms. The summed E-state index contributed by atoms with van der Waals surface area (Å²) in [4.78, 5) is 29.7. The number of imidazole rings is 1. The zero-order valence-electron chi connectivity index (χ0n) is 21.9. The third kappa shape index (κ3) is 4.83. The van der Waals surface area contributed by atoms with Crippen molar-refractivity contribution in [2.75, 3.05) is 0 Å². The Kier molecular flexibility index (Phi) is 6.58. The number of nitrogens with zero attached hydrogens (tertiary/aromatic N) is 2. The molecule has 0 aliphatic rings. The lowest BCUT2D eigenvalue weighted by Crippen LogP contribution is -2.24. The summed E-state index contributed by atoms with van der Waals surface area (Å²) in [7, 11) is 0. The molecular formula is C34H27N3O3. The molecule has 0 radical (unpaired) electrons. The minimum Gasteiger partial charge on any atom is -0.478 e. The van der Waals surface area contributed by atoms with E-state index in [9.17, 15) is 9.59 Å². The molecule has 4 aromatic carbocycles. The third-order valence-electron chi connectivity index (χ3n) is 7.34. The number of carboxylic acids is 1. The number of fused-ring (bicyclic) bond motifs is 2. The van der Waals surface area contributed by atoms with E-state index >= 15 is 0 Å². The second kappa shape index (κ2) is 10.5. The number of aromatic carboxylic acids is 1. The van der Waals surface area contributed by atoms with E-state index in [1.807, 2.05) is 59.1 Å². The van der Waals surface area contributed by atoms with Gasteiger partial charge in [0.05, 0.1) is 28.7 Å². The van der Waals surface area contributed by atoms with Crippen LogP contribution in [0.25, 0.3) is 27.4 Å². The fourth-order valence-electron chi connectivity index (χ4n) is 5.12. The lowest BCUT2D eigenvalue weighted by atomic mass is 9.93. The van der Waals surface area contributed by atoms with Gasteiger partial charge in [0.2, 0.25) is 0 Å². The Balaban J connectivity index is 1.40. The van der Waals surface area contributed by atoms with Crippen molar-refractivity contribution >= 4 is 28.2 Å². The first kappa shape index (κ1) is 25.1. The van der Waals surface area contributed by atoms with Crippen molar-refractivity contribution in [1.29, 1.82) is 0 Å². The van der Waals surface area contributed by atoms with Crippen LogP contribution in [0.5, 0.6) is 0 Å². The Hall–Kier alpha value is -5.23. The number of carbonyl (C=O) groups is 2. The molecule has 0 aliphatic heterocycles. The van der Waals surface area contributed by atoms with Gasteiger partial charge in [0, 0.05) is 18.7 Å². The first-order valence-electron chi connectivity index (χ1n) is 13.1. The van der Waals surface area contributed by atoms with Crippen molar-refractivity contribution in [1.82, 2.24) is 14.7 Å². The van der Waals surface area contributed by atoms with Crippen LogP contribution in [-0.2, 0) is 6.54 Å². The van der Waals surface area contributed by atoms with Crippen LogP contribution in [0.1, 0.15) is 50.4 Å². The topological polar surface area (TPSA) is 83.7 Å². The molecule has 6 aromatic rings. The lowest BCUT2D eigenvalue weighted by Gasteiger charge is -2.15. The van der Waals surface area contributed by atoms with Crippen LogP contribution in [0.2, 0.25) is 0 Å². The van der Waals surface area contributed by atoms with Crippen LogP contribution < -0.4 is 5.32 Å². The van der Waals surface area contributed by atoms with Crippen LogP contribution in [0.15, 0.2) is 116 Å². The Morgan fingerprint density at radius 2 is 1.57 bits per heavy atom. The molecule has 2 heterocycles. The van der Waals surface area contributed by atoms with E-state index in [2.05, 4.69) is 42.6 Å². The van der Waals surface area contributed by atoms with Crippen LogP contribution in [0, 0.1) is 0 Å². The number of amides is 1. The Morgan fingerprint density at radius 1 is 0.850 bits per heavy atom. The van der Waals surface area contributed by atoms with E-state index in [-0.39, 0.29) is 23.9 Å². The number of nitrogens with one attached hydrogen (secondary N) is 1. The van der Waals surface area contributed by atoms with E-state index in [1.54, 1.807) is 30.6 Å². The van der Waals surface area contributed by atoms with Gasteiger partial charge in [0.1, 0.15) is 0 Å². The van der Waals surface area contributed by atoms with Gasteiger partial charge in [-0.3, -0.25) is 4.79 Å². The molecule has 2 aromatic heterocycles. The molecule has 0 saturated heterocycles. The van der Waals surface area contributed by atoms with Gasteiger partial charge < -0.3 is 14.8 Å². The molecule has 0 aliphatic carbocycles. The zero-order chi connectivity index (χ0) is 27.6. The highest BCUT2D eigenvalue weighted by Crippen LogP contribution is 2.32. The number of hydrogen-bond acceptors (Lipinski definition) is 3. The highest BCUT2D eigenvalue weighted by molar-refractivity contribution is 6.02. The molecule has 0 fully saturated rings. The average molecular weight is 526 g/mol. The molecule has 2 N–H and O–H groups in total. The lowest BCUT2D eigenvalue weighted by molar-refractivity contribution is 0.0696. The minimum atomic E-state index is -0.982. The van der Waals surface area contributed by atoms with Crippen LogP contribution >= 0.6 is 0 Å². The van der Waals surface area contributed by atoms with Gasteiger partial charge in [0.25, 0.3) is 5.91 Å². The maximum Gasteiger partial charge on any atom is 0.335 e. The predicted molar refractivity (Wildman–Crippen MR) is 157 cm³/mol. The summed E-state index contributed by atoms with van der Waals surface area (Å²) < 4.78 is 1.94. The standard InChI is InChI=1S/C34H27N3O3/c1-22(27-16-15-25-9-5-6-10-28(25)17-27)31-32-30(33(38)35-19-23-11-13-26(14-12-23)34(39)40)18-29(20-37(32)21-36-31)24-7-3-2-4-8-24/h2-18,20-22H,19H2,1H3,(H,35,38)(H,39,40)/t22-/m1/s1. The molecular weight excluding hydrogens is 498 g/mol. The Labute approximate surface area is 231 Å². The summed E-state index contributed by atoms with van der Waals surface area (Å²) in [5.41, 5.74) is 6.17. The highest BCUT2D eigenvalue weighted by Gasteiger charge is 2.22. The maximum absolute atomic E-state index is 13.7. The smallest absolute Gasteiger partial charge is 0.335 e. The third-order valence-corrected chi connectivity index (χ3v) is 7.34. The Morgan fingerprint density at radius 3 is 2.33 bits per heavy atom. The first-order chi connectivity index (χ1) is 19.5. The first-order valence-corrected chi connectivity index (χ1v) is 13.1. The van der Waals surface area contributed by atoms with E-state index < -0.39 is 5.97 Å². The molecule has 0 spiro atoms. The predicted octanol–water partition coefficient (Wildman–Crippen LogP) is 6.93. The molecule has 1 amide bonds. The number of hydrogen-bond donors (Lipinski definition) is 2. The summed E-state index contributed by atoms with van der Waals surface area (Å²) in [5, 5.41) is 14.5. The molecule has 0 unspecified atom stereocenters. The summed E-state index contributed by atoms with van der Waals surface area (Å²) >= 11 is 0. The average Bonchev–Trinajstić information content (AvgIpc) is 3.43. The molecule has 0 saturated carbocycles. The molecule has 6 heteroatoms. The van der Waals surface area contributed by atoms with Crippen LogP contribution in [-0.4, -0.2) is 26.4 Å². The fourth-order valence-corrected chi connectivity index (χ4v) is 5.12. The summed E-state index contributed by atoms with van der Waals surface area (Å²) in [6.07, 6.45) is 3.78. The molecule has 6 nitrogen and oxygen atoms in total. The van der Waals surface area contributed by atoms with Gasteiger partial charge in [-0.15, -0.1) is 0 Å². The maximum atomic E-state index is 13.7. The SMILES string of the molecule is C[C@H](c1ccc2ccccc2c1)c1ncn2cc(-c3ccccc3)cc(C(=O)NCc3ccc(C(=O)O)cc3)c12. The van der Waals surface area contributed by atoms with Crippen molar-refractivity contribution in [3.05, 3.63) is 144 Å². The van der Waals surface area contributed by atoms with Crippen molar-refractivity contribution < 1.29 is 14.7 Å². The summed E-state index contributed by atoms with van der Waals surface area (Å²) in [6.45, 7) is 2.38. The second-order valence-corrected chi connectivity index (χ2v) is 9.91. The van der Waals surface area contributed by atoms with Gasteiger partial charge in [-0.1, -0.05) is 91.9 Å². The van der Waals surface area contributed by atoms with Crippen molar-refractivity contribution in [2.45, 2.75) is 19.4 Å². The number of carboxylic acid groups (broad SMARTS) is 1. The van der Waals surface area contributed by atoms with Crippen molar-refractivity contribution in [3.63, 3.8) is 0 Å². The van der Waals surface area contributed by atoms with E-state index in [1.165, 1.54) is 5.39 Å². The highest BCUT2D eigenvalue weighted by atomic mass is 16.4. The number of benzene rings is 4. The van der Waals surface area contributed by atoms with Gasteiger partial charge in [-0.05, 0) is 51.2 Å². The Bertz CT molecular complexity index is 1860. The van der Waals surface area contributed by atoms with Gasteiger partial charge in [-0.2, -0.15) is 0 Å². The normalized spacial score (nSPS) is 11.9.